The average Bonchev–Trinajstić information content (AvgIpc) is 2.76. The fourth-order valence-electron chi connectivity index (χ4n) is 2.10. The monoisotopic (exact) mass is 308 g/mol. The number of halogens is 1. The van der Waals surface area contributed by atoms with Crippen molar-refractivity contribution < 1.29 is 4.79 Å². The molecule has 0 saturated heterocycles. The van der Waals surface area contributed by atoms with E-state index in [1.54, 1.807) is 0 Å². The molecule has 4 heteroatoms. The first-order valence-corrected chi connectivity index (χ1v) is 6.85. The lowest BCUT2D eigenvalue weighted by Crippen LogP contribution is -2.32. The van der Waals surface area contributed by atoms with E-state index in [4.69, 9.17) is 5.73 Å². The summed E-state index contributed by atoms with van der Waals surface area (Å²) in [6.07, 6.45) is 4.50. The number of hydrogen-bond donors (Lipinski definition) is 2. The van der Waals surface area contributed by atoms with Gasteiger partial charge >= 0.3 is 0 Å². The molecule has 0 bridgehead atoms. The fourth-order valence-corrected chi connectivity index (χ4v) is 2.52. The highest BCUT2D eigenvalue weighted by molar-refractivity contribution is 9.10. The Balaban J connectivity index is 1.97. The van der Waals surface area contributed by atoms with Crippen molar-refractivity contribution in [1.29, 1.82) is 0 Å². The summed E-state index contributed by atoms with van der Waals surface area (Å²) in [5.41, 5.74) is 6.84. The zero-order chi connectivity index (χ0) is 13.1. The Hall–Kier alpha value is -1.13. The molecule has 0 aliphatic heterocycles. The molecule has 0 fully saturated rings. The maximum atomic E-state index is 12.0. The minimum Gasteiger partial charge on any atom is -0.349 e. The highest BCUT2D eigenvalue weighted by atomic mass is 79.9. The van der Waals surface area contributed by atoms with Crippen LogP contribution in [0.4, 0.5) is 0 Å². The smallest absolute Gasteiger partial charge is 0.227 e. The van der Waals surface area contributed by atoms with Crippen LogP contribution < -0.4 is 11.1 Å². The zero-order valence-electron chi connectivity index (χ0n) is 10.3. The summed E-state index contributed by atoms with van der Waals surface area (Å²) in [7, 11) is 0. The summed E-state index contributed by atoms with van der Waals surface area (Å²) < 4.78 is 1.02. The Morgan fingerprint density at radius 2 is 2.28 bits per heavy atom. The number of carbonyl (C=O) groups is 1. The molecule has 0 saturated carbocycles. The van der Waals surface area contributed by atoms with Gasteiger partial charge in [-0.15, -0.1) is 0 Å². The Morgan fingerprint density at radius 1 is 1.50 bits per heavy atom. The molecule has 2 rings (SSSR count). The summed E-state index contributed by atoms with van der Waals surface area (Å²) in [5, 5.41) is 3.02. The molecular weight excluding hydrogens is 292 g/mol. The first-order valence-electron chi connectivity index (χ1n) is 6.06. The van der Waals surface area contributed by atoms with E-state index < -0.39 is 0 Å². The van der Waals surface area contributed by atoms with Gasteiger partial charge in [0, 0.05) is 10.5 Å². The van der Waals surface area contributed by atoms with E-state index in [1.165, 1.54) is 0 Å². The van der Waals surface area contributed by atoms with Crippen LogP contribution in [0.5, 0.6) is 0 Å². The number of rotatable bonds is 3. The quantitative estimate of drug-likeness (QED) is 0.843. The molecule has 2 unspecified atom stereocenters. The first-order chi connectivity index (χ1) is 8.56. The van der Waals surface area contributed by atoms with Gasteiger partial charge in [-0.2, -0.15) is 0 Å². The predicted octanol–water partition coefficient (Wildman–Crippen LogP) is 2.53. The summed E-state index contributed by atoms with van der Waals surface area (Å²) in [5.74, 6) is -0.0405. The van der Waals surface area contributed by atoms with Gasteiger partial charge in [0.2, 0.25) is 5.91 Å². The van der Waals surface area contributed by atoms with E-state index in [0.29, 0.717) is 6.42 Å². The third-order valence-electron chi connectivity index (χ3n) is 3.16. The van der Waals surface area contributed by atoms with Crippen LogP contribution in [0, 0.1) is 5.92 Å². The summed E-state index contributed by atoms with van der Waals surface area (Å²) >= 11 is 3.43. The van der Waals surface area contributed by atoms with Crippen LogP contribution in [-0.2, 0) is 4.79 Å². The number of nitrogens with one attached hydrogen (secondary N) is 1. The zero-order valence-corrected chi connectivity index (χ0v) is 11.9. The SMILES string of the molecule is C[C@H](NC(=O)C1C=CC(N)C1)c1cccc(Br)c1. The Bertz CT molecular complexity index is 473. The van der Waals surface area contributed by atoms with Crippen LogP contribution in [0.3, 0.4) is 0 Å². The second kappa shape index (κ2) is 5.67. The van der Waals surface area contributed by atoms with Crippen LogP contribution in [0.15, 0.2) is 40.9 Å². The molecule has 3 nitrogen and oxygen atoms in total. The largest absolute Gasteiger partial charge is 0.349 e. The molecule has 1 aliphatic carbocycles. The standard InChI is InChI=1S/C14H17BrN2O/c1-9(10-3-2-4-12(15)7-10)17-14(18)11-5-6-13(16)8-11/h2-7,9,11,13H,8,16H2,1H3,(H,17,18)/t9-,11?,13?/m0/s1. The van der Waals surface area contributed by atoms with Gasteiger partial charge in [0.25, 0.3) is 0 Å². The topological polar surface area (TPSA) is 55.1 Å². The van der Waals surface area contributed by atoms with Gasteiger partial charge in [-0.05, 0) is 31.0 Å². The number of nitrogens with two attached hydrogens (primary N) is 1. The van der Waals surface area contributed by atoms with Crippen molar-refractivity contribution in [3.8, 4) is 0 Å². The van der Waals surface area contributed by atoms with Crippen molar-refractivity contribution >= 4 is 21.8 Å². The van der Waals surface area contributed by atoms with Gasteiger partial charge in [0.15, 0.2) is 0 Å². The second-order valence-corrected chi connectivity index (χ2v) is 5.59. The Morgan fingerprint density at radius 3 is 2.89 bits per heavy atom. The fraction of sp³-hybridized carbons (Fsp3) is 0.357. The summed E-state index contributed by atoms with van der Waals surface area (Å²) in [6.45, 7) is 1.98. The lowest BCUT2D eigenvalue weighted by molar-refractivity contribution is -0.124. The van der Waals surface area contributed by atoms with E-state index in [0.717, 1.165) is 10.0 Å². The number of carbonyl (C=O) groups excluding carboxylic acids is 1. The highest BCUT2D eigenvalue weighted by Crippen LogP contribution is 2.21. The van der Waals surface area contributed by atoms with E-state index in [1.807, 2.05) is 43.3 Å². The molecule has 96 valence electrons. The van der Waals surface area contributed by atoms with Crippen LogP contribution in [-0.4, -0.2) is 11.9 Å². The van der Waals surface area contributed by atoms with Crippen molar-refractivity contribution in [1.82, 2.24) is 5.32 Å². The molecular formula is C14H17BrN2O. The predicted molar refractivity (Wildman–Crippen MR) is 75.9 cm³/mol. The van der Waals surface area contributed by atoms with Gasteiger partial charge < -0.3 is 11.1 Å². The maximum absolute atomic E-state index is 12.0. The van der Waals surface area contributed by atoms with Crippen LogP contribution >= 0.6 is 15.9 Å². The van der Waals surface area contributed by atoms with Crippen molar-refractivity contribution in [3.05, 3.63) is 46.5 Å². The molecule has 0 aromatic heterocycles. The highest BCUT2D eigenvalue weighted by Gasteiger charge is 2.23. The van der Waals surface area contributed by atoms with E-state index in [2.05, 4.69) is 21.2 Å². The molecule has 0 heterocycles. The van der Waals surface area contributed by atoms with Crippen molar-refractivity contribution in [3.63, 3.8) is 0 Å². The lowest BCUT2D eigenvalue weighted by atomic mass is 10.0. The van der Waals surface area contributed by atoms with Gasteiger partial charge in [0.1, 0.15) is 0 Å². The molecule has 1 aromatic carbocycles. The molecule has 0 spiro atoms. The summed E-state index contributed by atoms with van der Waals surface area (Å²) in [4.78, 5) is 12.0. The average molecular weight is 309 g/mol. The number of amides is 1. The van der Waals surface area contributed by atoms with E-state index in [9.17, 15) is 4.79 Å². The molecule has 18 heavy (non-hydrogen) atoms. The van der Waals surface area contributed by atoms with Crippen LogP contribution in [0.25, 0.3) is 0 Å². The molecule has 1 aromatic rings. The minimum absolute atomic E-state index is 0.000208. The van der Waals surface area contributed by atoms with Gasteiger partial charge in [-0.1, -0.05) is 40.2 Å². The van der Waals surface area contributed by atoms with E-state index in [-0.39, 0.29) is 23.9 Å². The minimum atomic E-state index is -0.0883. The third kappa shape index (κ3) is 3.21. The molecule has 1 amide bonds. The Labute approximate surface area is 116 Å². The molecule has 0 radical (unpaired) electrons. The second-order valence-electron chi connectivity index (χ2n) is 4.68. The lowest BCUT2D eigenvalue weighted by Gasteiger charge is -2.17. The van der Waals surface area contributed by atoms with Gasteiger partial charge in [-0.3, -0.25) is 4.79 Å². The van der Waals surface area contributed by atoms with Crippen LogP contribution in [0.2, 0.25) is 0 Å². The van der Waals surface area contributed by atoms with Crippen molar-refractivity contribution in [2.75, 3.05) is 0 Å². The number of benzene rings is 1. The normalized spacial score (nSPS) is 23.9. The van der Waals surface area contributed by atoms with Crippen molar-refractivity contribution in [2.24, 2.45) is 11.7 Å². The summed E-state index contributed by atoms with van der Waals surface area (Å²) in [6, 6.07) is 7.97. The van der Waals surface area contributed by atoms with Gasteiger partial charge in [0.05, 0.1) is 12.0 Å². The van der Waals surface area contributed by atoms with Crippen LogP contribution in [0.1, 0.15) is 24.9 Å². The molecule has 3 atom stereocenters. The molecule has 3 N–H and O–H groups in total. The van der Waals surface area contributed by atoms with Gasteiger partial charge in [-0.25, -0.2) is 0 Å². The number of hydrogen-bond acceptors (Lipinski definition) is 2. The molecule has 1 aliphatic rings. The maximum Gasteiger partial charge on any atom is 0.227 e. The van der Waals surface area contributed by atoms with E-state index >= 15 is 0 Å². The van der Waals surface area contributed by atoms with Crippen molar-refractivity contribution in [2.45, 2.75) is 25.4 Å². The Kier molecular flexibility index (Phi) is 4.19. The first kappa shape index (κ1) is 13.3. The third-order valence-corrected chi connectivity index (χ3v) is 3.65.